The molecule has 2 amide bonds. The first-order chi connectivity index (χ1) is 14.5. The zero-order valence-electron chi connectivity index (χ0n) is 17.4. The molecule has 0 fully saturated rings. The van der Waals surface area contributed by atoms with E-state index in [1.165, 1.54) is 4.90 Å². The number of aryl methyl sites for hydroxylation is 1. The van der Waals surface area contributed by atoms with Crippen molar-refractivity contribution in [3.05, 3.63) is 70.4 Å². The highest BCUT2D eigenvalue weighted by molar-refractivity contribution is 6.45. The van der Waals surface area contributed by atoms with Crippen LogP contribution in [0.2, 0.25) is 5.02 Å². The minimum Gasteiger partial charge on any atom is -0.383 e. The van der Waals surface area contributed by atoms with Gasteiger partial charge < -0.3 is 14.4 Å². The van der Waals surface area contributed by atoms with Crippen LogP contribution in [0.15, 0.2) is 54.2 Å². The number of ether oxygens (including phenoxy) is 2. The van der Waals surface area contributed by atoms with Gasteiger partial charge in [0, 0.05) is 32.3 Å². The molecule has 2 aromatic rings. The molecule has 0 bridgehead atoms. The minimum absolute atomic E-state index is 0.355. The molecular formula is C23H25ClN2O4. The van der Waals surface area contributed by atoms with Gasteiger partial charge in [0.2, 0.25) is 0 Å². The predicted molar refractivity (Wildman–Crippen MR) is 117 cm³/mol. The molecule has 3 rings (SSSR count). The Kier molecular flexibility index (Phi) is 7.26. The van der Waals surface area contributed by atoms with Gasteiger partial charge in [-0.25, -0.2) is 4.90 Å². The molecule has 0 spiro atoms. The highest BCUT2D eigenvalue weighted by atomic mass is 35.5. The Labute approximate surface area is 181 Å². The van der Waals surface area contributed by atoms with Crippen molar-refractivity contribution in [2.75, 3.05) is 45.4 Å². The lowest BCUT2D eigenvalue weighted by Crippen LogP contribution is -2.37. The summed E-state index contributed by atoms with van der Waals surface area (Å²) in [6.45, 7) is 3.72. The number of anilines is 1. The third-order valence-electron chi connectivity index (χ3n) is 4.93. The largest absolute Gasteiger partial charge is 0.383 e. The molecule has 2 aromatic carbocycles. The van der Waals surface area contributed by atoms with Crippen LogP contribution in [-0.4, -0.2) is 57.2 Å². The van der Waals surface area contributed by atoms with Crippen LogP contribution in [0, 0.1) is 6.92 Å². The van der Waals surface area contributed by atoms with Crippen LogP contribution < -0.4 is 4.90 Å². The third-order valence-corrected chi connectivity index (χ3v) is 5.18. The van der Waals surface area contributed by atoms with E-state index in [0.717, 1.165) is 5.56 Å². The highest BCUT2D eigenvalue weighted by Gasteiger charge is 2.42. The van der Waals surface area contributed by atoms with Crippen molar-refractivity contribution in [3.63, 3.8) is 0 Å². The maximum absolute atomic E-state index is 13.5. The number of benzene rings is 2. The SMILES string of the molecule is COCCN(CCOC)C1=C(c2ccc(C)cc2)C(=O)N(c2ccc(Cl)cc2)C1=O. The third kappa shape index (κ3) is 4.56. The topological polar surface area (TPSA) is 59.1 Å². The van der Waals surface area contributed by atoms with Crippen molar-refractivity contribution in [2.24, 2.45) is 0 Å². The summed E-state index contributed by atoms with van der Waals surface area (Å²) < 4.78 is 10.5. The number of imide groups is 1. The van der Waals surface area contributed by atoms with Gasteiger partial charge in [0.25, 0.3) is 11.8 Å². The van der Waals surface area contributed by atoms with E-state index in [0.29, 0.717) is 53.8 Å². The van der Waals surface area contributed by atoms with Crippen molar-refractivity contribution in [1.29, 1.82) is 0 Å². The first kappa shape index (κ1) is 22.0. The number of rotatable bonds is 9. The van der Waals surface area contributed by atoms with Crippen molar-refractivity contribution in [2.45, 2.75) is 6.92 Å². The van der Waals surface area contributed by atoms with E-state index in [9.17, 15) is 9.59 Å². The second kappa shape index (κ2) is 9.89. The molecule has 1 heterocycles. The van der Waals surface area contributed by atoms with Gasteiger partial charge in [-0.2, -0.15) is 0 Å². The van der Waals surface area contributed by atoms with Crippen LogP contribution in [-0.2, 0) is 19.1 Å². The fraction of sp³-hybridized carbons (Fsp3) is 0.304. The molecule has 0 radical (unpaired) electrons. The van der Waals surface area contributed by atoms with Gasteiger partial charge in [-0.05, 0) is 36.8 Å². The van der Waals surface area contributed by atoms with Gasteiger partial charge in [0.05, 0.1) is 24.5 Å². The molecule has 6 nitrogen and oxygen atoms in total. The molecular weight excluding hydrogens is 404 g/mol. The van der Waals surface area contributed by atoms with Crippen molar-refractivity contribution in [3.8, 4) is 0 Å². The van der Waals surface area contributed by atoms with Gasteiger partial charge in [0.15, 0.2) is 0 Å². The number of nitrogens with zero attached hydrogens (tertiary/aromatic N) is 2. The molecule has 0 saturated carbocycles. The van der Waals surface area contributed by atoms with Crippen LogP contribution in [0.1, 0.15) is 11.1 Å². The normalized spacial score (nSPS) is 14.1. The van der Waals surface area contributed by atoms with E-state index in [1.54, 1.807) is 38.5 Å². The number of methoxy groups -OCH3 is 2. The smallest absolute Gasteiger partial charge is 0.282 e. The monoisotopic (exact) mass is 428 g/mol. The summed E-state index contributed by atoms with van der Waals surface area (Å²) in [5.74, 6) is -0.730. The Morgan fingerprint density at radius 2 is 1.43 bits per heavy atom. The maximum atomic E-state index is 13.5. The van der Waals surface area contributed by atoms with Crippen molar-refractivity contribution < 1.29 is 19.1 Å². The molecule has 158 valence electrons. The zero-order chi connectivity index (χ0) is 21.7. The quantitative estimate of drug-likeness (QED) is 0.572. The summed E-state index contributed by atoms with van der Waals surface area (Å²) in [5, 5.41) is 0.534. The average Bonchev–Trinajstić information content (AvgIpc) is 3.00. The molecule has 0 unspecified atom stereocenters. The lowest BCUT2D eigenvalue weighted by molar-refractivity contribution is -0.120. The molecule has 1 aliphatic heterocycles. The van der Waals surface area contributed by atoms with E-state index >= 15 is 0 Å². The van der Waals surface area contributed by atoms with E-state index in [2.05, 4.69) is 0 Å². The number of amides is 2. The van der Waals surface area contributed by atoms with Gasteiger partial charge in [-0.1, -0.05) is 41.4 Å². The second-order valence-electron chi connectivity index (χ2n) is 6.98. The molecule has 0 saturated heterocycles. The summed E-state index contributed by atoms with van der Waals surface area (Å²) in [5.41, 5.74) is 2.98. The Morgan fingerprint density at radius 1 is 0.867 bits per heavy atom. The van der Waals surface area contributed by atoms with E-state index < -0.39 is 0 Å². The van der Waals surface area contributed by atoms with Crippen LogP contribution in [0.4, 0.5) is 5.69 Å². The number of hydrogen-bond acceptors (Lipinski definition) is 5. The van der Waals surface area contributed by atoms with Gasteiger partial charge in [-0.3, -0.25) is 9.59 Å². The van der Waals surface area contributed by atoms with Gasteiger partial charge in [0.1, 0.15) is 5.70 Å². The lowest BCUT2D eigenvalue weighted by atomic mass is 10.0. The number of halogens is 1. The highest BCUT2D eigenvalue weighted by Crippen LogP contribution is 2.35. The van der Waals surface area contributed by atoms with Crippen LogP contribution >= 0.6 is 11.6 Å². The van der Waals surface area contributed by atoms with E-state index in [-0.39, 0.29) is 11.8 Å². The Bertz CT molecular complexity index is 931. The fourth-order valence-corrected chi connectivity index (χ4v) is 3.48. The first-order valence-corrected chi connectivity index (χ1v) is 10.0. The summed E-state index contributed by atoms with van der Waals surface area (Å²) in [6.07, 6.45) is 0. The molecule has 0 aromatic heterocycles. The Morgan fingerprint density at radius 3 is 1.97 bits per heavy atom. The van der Waals surface area contributed by atoms with Gasteiger partial charge in [-0.15, -0.1) is 0 Å². The number of carbonyl (C=O) groups is 2. The van der Waals surface area contributed by atoms with Crippen LogP contribution in [0.3, 0.4) is 0 Å². The predicted octanol–water partition coefficient (Wildman–Crippen LogP) is 3.53. The average molecular weight is 429 g/mol. The van der Waals surface area contributed by atoms with Crippen LogP contribution in [0.5, 0.6) is 0 Å². The van der Waals surface area contributed by atoms with E-state index in [4.69, 9.17) is 21.1 Å². The Balaban J connectivity index is 2.11. The maximum Gasteiger partial charge on any atom is 0.282 e. The fourth-order valence-electron chi connectivity index (χ4n) is 3.35. The second-order valence-corrected chi connectivity index (χ2v) is 7.42. The molecule has 0 N–H and O–H groups in total. The van der Waals surface area contributed by atoms with Crippen molar-refractivity contribution >= 4 is 34.7 Å². The summed E-state index contributed by atoms with van der Waals surface area (Å²) >= 11 is 5.99. The van der Waals surface area contributed by atoms with Gasteiger partial charge >= 0.3 is 0 Å². The summed E-state index contributed by atoms with van der Waals surface area (Å²) in [7, 11) is 3.21. The first-order valence-electron chi connectivity index (χ1n) is 9.66. The summed E-state index contributed by atoms with van der Waals surface area (Å²) in [6, 6.07) is 14.3. The number of hydrogen-bond donors (Lipinski definition) is 0. The molecule has 30 heavy (non-hydrogen) atoms. The molecule has 0 aliphatic carbocycles. The molecule has 0 atom stereocenters. The molecule has 1 aliphatic rings. The van der Waals surface area contributed by atoms with E-state index in [1.807, 2.05) is 36.1 Å². The zero-order valence-corrected chi connectivity index (χ0v) is 18.1. The molecule has 7 heteroatoms. The minimum atomic E-state index is -0.370. The lowest BCUT2D eigenvalue weighted by Gasteiger charge is -2.25. The summed E-state index contributed by atoms with van der Waals surface area (Å²) in [4.78, 5) is 30.0. The standard InChI is InChI=1S/C23H25ClN2O4/c1-16-4-6-17(7-5-16)20-21(25(12-14-29-2)13-15-30-3)23(28)26(22(20)27)19-10-8-18(24)9-11-19/h4-11H,12-15H2,1-3H3. The number of carbonyl (C=O) groups excluding carboxylic acids is 2. The Hall–Kier alpha value is -2.67. The van der Waals surface area contributed by atoms with Crippen LogP contribution in [0.25, 0.3) is 5.57 Å². The van der Waals surface area contributed by atoms with Crippen molar-refractivity contribution in [1.82, 2.24) is 4.90 Å².